The SMILES string of the molecule is CC1=C(C)C2=Nc3ccccc3CN2C1=O. The number of carbonyl (C=O) groups excluding carboxylic acids is 1. The molecule has 0 N–H and O–H groups in total. The molecule has 0 bridgehead atoms. The molecule has 1 aromatic carbocycles. The third-order valence-electron chi connectivity index (χ3n) is 3.27. The molecular formula is C13H12N2O. The molecule has 16 heavy (non-hydrogen) atoms. The normalized spacial score (nSPS) is 18.5. The van der Waals surface area contributed by atoms with E-state index in [1.165, 1.54) is 0 Å². The van der Waals surface area contributed by atoms with Crippen LogP contribution in [0.4, 0.5) is 5.69 Å². The molecule has 1 aromatic rings. The van der Waals surface area contributed by atoms with Gasteiger partial charge in [-0.2, -0.15) is 0 Å². The number of amidine groups is 1. The van der Waals surface area contributed by atoms with E-state index in [-0.39, 0.29) is 5.91 Å². The molecule has 0 spiro atoms. The highest BCUT2D eigenvalue weighted by Crippen LogP contribution is 2.32. The number of hydrogen-bond donors (Lipinski definition) is 0. The van der Waals surface area contributed by atoms with E-state index in [1.54, 1.807) is 4.90 Å². The zero-order chi connectivity index (χ0) is 11.3. The molecule has 80 valence electrons. The van der Waals surface area contributed by atoms with Gasteiger partial charge in [0.25, 0.3) is 5.91 Å². The third kappa shape index (κ3) is 1.08. The van der Waals surface area contributed by atoms with E-state index in [1.807, 2.05) is 38.1 Å². The predicted molar refractivity (Wildman–Crippen MR) is 62.5 cm³/mol. The number of amides is 1. The molecule has 0 aromatic heterocycles. The van der Waals surface area contributed by atoms with Gasteiger partial charge < -0.3 is 0 Å². The van der Waals surface area contributed by atoms with Crippen LogP contribution in [0.1, 0.15) is 19.4 Å². The van der Waals surface area contributed by atoms with E-state index in [2.05, 4.69) is 4.99 Å². The zero-order valence-electron chi connectivity index (χ0n) is 9.32. The second-order valence-corrected chi connectivity index (χ2v) is 4.21. The Kier molecular flexibility index (Phi) is 1.78. The predicted octanol–water partition coefficient (Wildman–Crippen LogP) is 2.41. The monoisotopic (exact) mass is 212 g/mol. The van der Waals surface area contributed by atoms with Crippen LogP contribution in [0.15, 0.2) is 40.4 Å². The maximum absolute atomic E-state index is 11.9. The lowest BCUT2D eigenvalue weighted by Gasteiger charge is -2.23. The van der Waals surface area contributed by atoms with Crippen LogP contribution in [-0.2, 0) is 11.3 Å². The molecule has 2 aliphatic rings. The quantitative estimate of drug-likeness (QED) is 0.650. The van der Waals surface area contributed by atoms with Crippen LogP contribution >= 0.6 is 0 Å². The van der Waals surface area contributed by atoms with Crippen LogP contribution in [0.3, 0.4) is 0 Å². The van der Waals surface area contributed by atoms with Crippen molar-refractivity contribution in [3.63, 3.8) is 0 Å². The highest BCUT2D eigenvalue weighted by atomic mass is 16.2. The first-order chi connectivity index (χ1) is 7.68. The number of aliphatic imine (C=N–C) groups is 1. The van der Waals surface area contributed by atoms with Gasteiger partial charge in [-0.3, -0.25) is 9.69 Å². The van der Waals surface area contributed by atoms with Crippen molar-refractivity contribution < 1.29 is 4.79 Å². The molecule has 0 unspecified atom stereocenters. The molecule has 0 fully saturated rings. The van der Waals surface area contributed by atoms with Crippen molar-refractivity contribution in [3.05, 3.63) is 41.0 Å². The van der Waals surface area contributed by atoms with Gasteiger partial charge in [-0.15, -0.1) is 0 Å². The average Bonchev–Trinajstić information content (AvgIpc) is 2.52. The van der Waals surface area contributed by atoms with Crippen LogP contribution in [0.5, 0.6) is 0 Å². The van der Waals surface area contributed by atoms with E-state index in [9.17, 15) is 4.79 Å². The summed E-state index contributed by atoms with van der Waals surface area (Å²) in [6.07, 6.45) is 0. The number of para-hydroxylation sites is 1. The van der Waals surface area contributed by atoms with Crippen LogP contribution in [0.2, 0.25) is 0 Å². The van der Waals surface area contributed by atoms with Crippen molar-refractivity contribution in [1.82, 2.24) is 4.90 Å². The van der Waals surface area contributed by atoms with Gasteiger partial charge in [0.1, 0.15) is 5.84 Å². The highest BCUT2D eigenvalue weighted by Gasteiger charge is 2.34. The van der Waals surface area contributed by atoms with Crippen LogP contribution < -0.4 is 0 Å². The minimum Gasteiger partial charge on any atom is -0.288 e. The lowest BCUT2D eigenvalue weighted by molar-refractivity contribution is -0.123. The lowest BCUT2D eigenvalue weighted by atomic mass is 10.1. The van der Waals surface area contributed by atoms with Crippen molar-refractivity contribution in [3.8, 4) is 0 Å². The van der Waals surface area contributed by atoms with Crippen LogP contribution in [0, 0.1) is 0 Å². The second-order valence-electron chi connectivity index (χ2n) is 4.21. The maximum Gasteiger partial charge on any atom is 0.255 e. The van der Waals surface area contributed by atoms with E-state index >= 15 is 0 Å². The first-order valence-corrected chi connectivity index (χ1v) is 5.35. The molecule has 1 amide bonds. The minimum atomic E-state index is 0.0887. The van der Waals surface area contributed by atoms with E-state index in [0.717, 1.165) is 28.2 Å². The van der Waals surface area contributed by atoms with Gasteiger partial charge in [-0.05, 0) is 25.5 Å². The number of nitrogens with zero attached hydrogens (tertiary/aromatic N) is 2. The van der Waals surface area contributed by atoms with Gasteiger partial charge in [-0.25, -0.2) is 4.99 Å². The molecular weight excluding hydrogens is 200 g/mol. The topological polar surface area (TPSA) is 32.7 Å². The molecule has 0 saturated carbocycles. The summed E-state index contributed by atoms with van der Waals surface area (Å²) in [5.74, 6) is 0.909. The molecule has 0 radical (unpaired) electrons. The first-order valence-electron chi connectivity index (χ1n) is 5.35. The van der Waals surface area contributed by atoms with Crippen molar-refractivity contribution in [2.45, 2.75) is 20.4 Å². The second kappa shape index (κ2) is 3.04. The Morgan fingerprint density at radius 1 is 1.19 bits per heavy atom. The summed E-state index contributed by atoms with van der Waals surface area (Å²) in [6.45, 7) is 4.46. The molecule has 0 atom stereocenters. The van der Waals surface area contributed by atoms with Gasteiger partial charge >= 0.3 is 0 Å². The van der Waals surface area contributed by atoms with Crippen molar-refractivity contribution in [2.75, 3.05) is 0 Å². The molecule has 3 heteroatoms. The van der Waals surface area contributed by atoms with E-state index < -0.39 is 0 Å². The van der Waals surface area contributed by atoms with E-state index in [0.29, 0.717) is 6.54 Å². The Morgan fingerprint density at radius 2 is 1.94 bits per heavy atom. The number of rotatable bonds is 0. The fourth-order valence-electron chi connectivity index (χ4n) is 2.16. The summed E-state index contributed by atoms with van der Waals surface area (Å²) in [6, 6.07) is 7.96. The summed E-state index contributed by atoms with van der Waals surface area (Å²) in [5.41, 5.74) is 3.91. The fourth-order valence-corrected chi connectivity index (χ4v) is 2.16. The Morgan fingerprint density at radius 3 is 2.75 bits per heavy atom. The van der Waals surface area contributed by atoms with Crippen LogP contribution in [-0.4, -0.2) is 16.6 Å². The summed E-state index contributed by atoms with van der Waals surface area (Å²) in [4.78, 5) is 18.3. The highest BCUT2D eigenvalue weighted by molar-refractivity contribution is 6.21. The molecule has 0 aliphatic carbocycles. The molecule has 2 aliphatic heterocycles. The maximum atomic E-state index is 11.9. The Labute approximate surface area is 94.1 Å². The minimum absolute atomic E-state index is 0.0887. The lowest BCUT2D eigenvalue weighted by Crippen LogP contribution is -2.33. The molecule has 0 saturated heterocycles. The largest absolute Gasteiger partial charge is 0.288 e. The summed E-state index contributed by atoms with van der Waals surface area (Å²) >= 11 is 0. The Bertz CT molecular complexity index is 555. The first kappa shape index (κ1) is 9.33. The number of carbonyl (C=O) groups is 1. The molecule has 3 nitrogen and oxygen atoms in total. The van der Waals surface area contributed by atoms with Gasteiger partial charge in [0.05, 0.1) is 12.2 Å². The van der Waals surface area contributed by atoms with Gasteiger partial charge in [0, 0.05) is 11.1 Å². The van der Waals surface area contributed by atoms with Gasteiger partial charge in [0.2, 0.25) is 0 Å². The standard InChI is InChI=1S/C13H12N2O/c1-8-9(2)13(16)15-7-10-5-3-4-6-11(10)14-12(8)15/h3-6H,7H2,1-2H3. The van der Waals surface area contributed by atoms with Crippen molar-refractivity contribution in [2.24, 2.45) is 4.99 Å². The van der Waals surface area contributed by atoms with Crippen LogP contribution in [0.25, 0.3) is 0 Å². The number of benzene rings is 1. The molecule has 3 rings (SSSR count). The van der Waals surface area contributed by atoms with Crippen molar-refractivity contribution >= 4 is 17.4 Å². The number of fused-ring (bicyclic) bond motifs is 2. The van der Waals surface area contributed by atoms with E-state index in [4.69, 9.17) is 0 Å². The average molecular weight is 212 g/mol. The summed E-state index contributed by atoms with van der Waals surface area (Å²) in [5, 5.41) is 0. The Hall–Kier alpha value is -1.90. The number of hydrogen-bond acceptors (Lipinski definition) is 2. The van der Waals surface area contributed by atoms with Crippen molar-refractivity contribution in [1.29, 1.82) is 0 Å². The summed E-state index contributed by atoms with van der Waals surface area (Å²) in [7, 11) is 0. The fraction of sp³-hybridized carbons (Fsp3) is 0.231. The molecule has 2 heterocycles. The zero-order valence-corrected chi connectivity index (χ0v) is 9.32. The summed E-state index contributed by atoms with van der Waals surface area (Å²) < 4.78 is 0. The van der Waals surface area contributed by atoms with Gasteiger partial charge in [-0.1, -0.05) is 18.2 Å². The van der Waals surface area contributed by atoms with Gasteiger partial charge in [0.15, 0.2) is 0 Å². The Balaban J connectivity index is 2.18. The smallest absolute Gasteiger partial charge is 0.255 e. The third-order valence-corrected chi connectivity index (χ3v) is 3.27.